The fourth-order valence-electron chi connectivity index (χ4n) is 1.15. The van der Waals surface area contributed by atoms with Crippen LogP contribution in [0.3, 0.4) is 0 Å². The molecule has 0 heterocycles. The van der Waals surface area contributed by atoms with Crippen molar-refractivity contribution < 1.29 is 8.60 Å². The van der Waals surface area contributed by atoms with Gasteiger partial charge in [-0.2, -0.15) is 5.26 Å². The molecule has 1 aromatic rings. The number of hydrogen-bond acceptors (Lipinski definition) is 3. The highest BCUT2D eigenvalue weighted by atomic mass is 32.2. The molecular formula is C10H11FN2OS. The van der Waals surface area contributed by atoms with Crippen LogP contribution in [0.15, 0.2) is 18.2 Å². The van der Waals surface area contributed by atoms with E-state index in [1.165, 1.54) is 12.1 Å². The summed E-state index contributed by atoms with van der Waals surface area (Å²) in [6.07, 6.45) is 0. The van der Waals surface area contributed by atoms with Crippen LogP contribution in [-0.2, 0) is 16.6 Å². The lowest BCUT2D eigenvalue weighted by molar-refractivity contribution is 0.611. The van der Waals surface area contributed by atoms with Gasteiger partial charge >= 0.3 is 0 Å². The molecule has 0 saturated heterocycles. The molecule has 1 atom stereocenters. The van der Waals surface area contributed by atoms with E-state index < -0.39 is 16.6 Å². The van der Waals surface area contributed by atoms with Gasteiger partial charge in [-0.1, -0.05) is 12.1 Å². The number of nitriles is 1. The quantitative estimate of drug-likeness (QED) is 0.829. The van der Waals surface area contributed by atoms with Crippen molar-refractivity contribution in [2.75, 3.05) is 12.3 Å². The first-order chi connectivity index (χ1) is 7.19. The Morgan fingerprint density at radius 1 is 1.53 bits per heavy atom. The van der Waals surface area contributed by atoms with Gasteiger partial charge in [0.15, 0.2) is 0 Å². The lowest BCUT2D eigenvalue weighted by Crippen LogP contribution is -2.12. The maximum atomic E-state index is 13.5. The second kappa shape index (κ2) is 5.59. The average Bonchev–Trinajstić information content (AvgIpc) is 2.21. The first-order valence-corrected chi connectivity index (χ1v) is 5.90. The number of hydrogen-bond donors (Lipinski definition) is 1. The zero-order valence-electron chi connectivity index (χ0n) is 8.07. The van der Waals surface area contributed by atoms with Crippen molar-refractivity contribution >= 4 is 10.8 Å². The van der Waals surface area contributed by atoms with Crippen molar-refractivity contribution in [3.05, 3.63) is 35.1 Å². The normalized spacial score (nSPS) is 12.1. The summed E-state index contributed by atoms with van der Waals surface area (Å²) in [4.78, 5) is 0. The summed E-state index contributed by atoms with van der Waals surface area (Å²) >= 11 is 0. The van der Waals surface area contributed by atoms with Crippen molar-refractivity contribution in [2.24, 2.45) is 5.73 Å². The van der Waals surface area contributed by atoms with Crippen molar-refractivity contribution in [1.82, 2.24) is 0 Å². The Bertz CT molecular complexity index is 414. The van der Waals surface area contributed by atoms with Gasteiger partial charge in [0.1, 0.15) is 11.9 Å². The molecule has 0 saturated carbocycles. The fourth-order valence-corrected chi connectivity index (χ4v) is 2.13. The molecule has 3 nitrogen and oxygen atoms in total. The van der Waals surface area contributed by atoms with Crippen LogP contribution < -0.4 is 5.73 Å². The van der Waals surface area contributed by atoms with Crippen LogP contribution in [0.25, 0.3) is 0 Å². The van der Waals surface area contributed by atoms with Crippen molar-refractivity contribution in [3.8, 4) is 6.07 Å². The van der Waals surface area contributed by atoms with Crippen LogP contribution in [0.5, 0.6) is 0 Å². The minimum absolute atomic E-state index is 0.0164. The molecule has 1 unspecified atom stereocenters. The summed E-state index contributed by atoms with van der Waals surface area (Å²) in [6.45, 7) is 0.312. The molecule has 0 aliphatic carbocycles. The van der Waals surface area contributed by atoms with E-state index in [9.17, 15) is 8.60 Å². The van der Waals surface area contributed by atoms with Gasteiger partial charge in [0, 0.05) is 28.7 Å². The number of nitrogens with two attached hydrogens (primary N) is 1. The van der Waals surface area contributed by atoms with Gasteiger partial charge in [-0.05, 0) is 6.07 Å². The molecule has 5 heteroatoms. The van der Waals surface area contributed by atoms with Crippen LogP contribution in [-0.4, -0.2) is 16.5 Å². The molecule has 2 N–H and O–H groups in total. The van der Waals surface area contributed by atoms with Crippen molar-refractivity contribution in [2.45, 2.75) is 5.75 Å². The predicted octanol–water partition coefficient (Wildman–Crippen LogP) is 0.905. The third-order valence-electron chi connectivity index (χ3n) is 1.86. The van der Waals surface area contributed by atoms with Gasteiger partial charge in [0.2, 0.25) is 0 Å². The second-order valence-electron chi connectivity index (χ2n) is 2.97. The van der Waals surface area contributed by atoms with Crippen LogP contribution >= 0.6 is 0 Å². The predicted molar refractivity (Wildman–Crippen MR) is 56.9 cm³/mol. The Kier molecular flexibility index (Phi) is 4.40. The third-order valence-corrected chi connectivity index (χ3v) is 3.19. The van der Waals surface area contributed by atoms with E-state index in [2.05, 4.69) is 0 Å². The molecule has 0 spiro atoms. The molecule has 0 bridgehead atoms. The van der Waals surface area contributed by atoms with Crippen LogP contribution in [0, 0.1) is 17.1 Å². The molecule has 0 amide bonds. The zero-order valence-corrected chi connectivity index (χ0v) is 8.89. The highest BCUT2D eigenvalue weighted by molar-refractivity contribution is 7.84. The smallest absolute Gasteiger partial charge is 0.145 e. The van der Waals surface area contributed by atoms with Crippen molar-refractivity contribution in [1.29, 1.82) is 5.26 Å². The summed E-state index contributed by atoms with van der Waals surface area (Å²) in [5.74, 6) is -0.125. The minimum Gasteiger partial charge on any atom is -0.330 e. The van der Waals surface area contributed by atoms with Gasteiger partial charge in [0.25, 0.3) is 0 Å². The Balaban J connectivity index is 2.87. The first-order valence-electron chi connectivity index (χ1n) is 4.41. The topological polar surface area (TPSA) is 66.9 Å². The van der Waals surface area contributed by atoms with E-state index in [-0.39, 0.29) is 11.3 Å². The Hall–Kier alpha value is -1.25. The standard InChI is InChI=1S/C10H11FN2OS/c11-10-8(6-13)2-1-3-9(10)7-15(14)5-4-12/h1-3H,4-5,7,12H2. The van der Waals surface area contributed by atoms with Gasteiger partial charge in [-0.15, -0.1) is 0 Å². The maximum absolute atomic E-state index is 13.5. The van der Waals surface area contributed by atoms with E-state index in [0.29, 0.717) is 17.9 Å². The SMILES string of the molecule is N#Cc1cccc(CS(=O)CCN)c1F. The highest BCUT2D eigenvalue weighted by Gasteiger charge is 2.09. The second-order valence-corrected chi connectivity index (χ2v) is 4.54. The molecule has 0 fully saturated rings. The summed E-state index contributed by atoms with van der Waals surface area (Å²) in [7, 11) is -1.17. The average molecular weight is 226 g/mol. The van der Waals surface area contributed by atoms with Crippen LogP contribution in [0.1, 0.15) is 11.1 Å². The molecule has 1 rings (SSSR count). The highest BCUT2D eigenvalue weighted by Crippen LogP contribution is 2.13. The van der Waals surface area contributed by atoms with Gasteiger partial charge in [-0.3, -0.25) is 4.21 Å². The van der Waals surface area contributed by atoms with Gasteiger partial charge < -0.3 is 5.73 Å². The van der Waals surface area contributed by atoms with E-state index in [0.717, 1.165) is 0 Å². The Morgan fingerprint density at radius 3 is 2.87 bits per heavy atom. The Morgan fingerprint density at radius 2 is 2.27 bits per heavy atom. The largest absolute Gasteiger partial charge is 0.330 e. The van der Waals surface area contributed by atoms with E-state index in [1.807, 2.05) is 0 Å². The molecule has 0 radical (unpaired) electrons. The third kappa shape index (κ3) is 3.11. The van der Waals surface area contributed by atoms with Crippen LogP contribution in [0.4, 0.5) is 4.39 Å². The Labute approximate surface area is 90.2 Å². The number of benzene rings is 1. The monoisotopic (exact) mass is 226 g/mol. The molecule has 0 aliphatic heterocycles. The summed E-state index contributed by atoms with van der Waals surface area (Å²) in [5.41, 5.74) is 5.53. The molecule has 15 heavy (non-hydrogen) atoms. The van der Waals surface area contributed by atoms with Gasteiger partial charge in [-0.25, -0.2) is 4.39 Å². The number of halogens is 1. The van der Waals surface area contributed by atoms with Crippen LogP contribution in [0.2, 0.25) is 0 Å². The number of nitrogens with zero attached hydrogens (tertiary/aromatic N) is 1. The van der Waals surface area contributed by atoms with Crippen molar-refractivity contribution in [3.63, 3.8) is 0 Å². The lowest BCUT2D eigenvalue weighted by Gasteiger charge is -2.03. The van der Waals surface area contributed by atoms with E-state index in [4.69, 9.17) is 11.0 Å². The molecule has 1 aromatic carbocycles. The summed E-state index contributed by atoms with van der Waals surface area (Å²) in [5, 5.41) is 8.59. The molecule has 0 aliphatic rings. The van der Waals surface area contributed by atoms with E-state index >= 15 is 0 Å². The molecular weight excluding hydrogens is 215 g/mol. The molecule has 80 valence electrons. The maximum Gasteiger partial charge on any atom is 0.145 e. The lowest BCUT2D eigenvalue weighted by atomic mass is 10.1. The first kappa shape index (κ1) is 11.8. The zero-order chi connectivity index (χ0) is 11.3. The van der Waals surface area contributed by atoms with Gasteiger partial charge in [0.05, 0.1) is 11.3 Å². The molecule has 0 aromatic heterocycles. The summed E-state index contributed by atoms with van der Waals surface area (Å²) < 4.78 is 24.8. The number of rotatable bonds is 4. The van der Waals surface area contributed by atoms with E-state index in [1.54, 1.807) is 12.1 Å². The fraction of sp³-hybridized carbons (Fsp3) is 0.300. The minimum atomic E-state index is -1.17. The summed E-state index contributed by atoms with van der Waals surface area (Å²) in [6, 6.07) is 6.25.